The first kappa shape index (κ1) is 20.3. The van der Waals surface area contributed by atoms with E-state index in [1.165, 1.54) is 24.6 Å². The maximum absolute atomic E-state index is 13.0. The predicted octanol–water partition coefficient (Wildman–Crippen LogP) is 5.91. The van der Waals surface area contributed by atoms with Crippen molar-refractivity contribution in [3.8, 4) is 11.5 Å². The number of aromatic nitrogens is 2. The lowest BCUT2D eigenvalue weighted by Crippen LogP contribution is -2.32. The van der Waals surface area contributed by atoms with Crippen LogP contribution in [0.3, 0.4) is 0 Å². The number of pyridine rings is 2. The van der Waals surface area contributed by atoms with Crippen LogP contribution in [0, 0.1) is 0 Å². The maximum Gasteiger partial charge on any atom is 0.255 e. The van der Waals surface area contributed by atoms with E-state index in [0.717, 1.165) is 18.4 Å². The summed E-state index contributed by atoms with van der Waals surface area (Å²) in [6.45, 7) is 0.506. The van der Waals surface area contributed by atoms with Crippen LogP contribution < -0.4 is 10.1 Å². The first-order valence-corrected chi connectivity index (χ1v) is 11.1. The van der Waals surface area contributed by atoms with Crippen molar-refractivity contribution in [1.82, 2.24) is 15.3 Å². The van der Waals surface area contributed by atoms with Gasteiger partial charge in [-0.05, 0) is 67.0 Å². The zero-order valence-electron chi connectivity index (χ0n) is 16.8. The molecule has 0 spiro atoms. The molecule has 7 heteroatoms. The highest BCUT2D eigenvalue weighted by Crippen LogP contribution is 2.47. The Balaban J connectivity index is 1.32. The van der Waals surface area contributed by atoms with Gasteiger partial charge in [0.2, 0.25) is 0 Å². The molecule has 2 aromatic heterocycles. The number of amides is 1. The third-order valence-electron chi connectivity index (χ3n) is 5.99. The molecule has 0 saturated heterocycles. The van der Waals surface area contributed by atoms with E-state index in [2.05, 4.69) is 21.4 Å². The van der Waals surface area contributed by atoms with E-state index in [9.17, 15) is 4.79 Å². The summed E-state index contributed by atoms with van der Waals surface area (Å²) in [5.74, 6) is 1.44. The lowest BCUT2D eigenvalue weighted by Gasteiger charge is -2.17. The molecule has 3 aromatic rings. The summed E-state index contributed by atoms with van der Waals surface area (Å²) >= 11 is 12.0. The molecule has 2 fully saturated rings. The van der Waals surface area contributed by atoms with Crippen LogP contribution in [-0.2, 0) is 5.41 Å². The van der Waals surface area contributed by atoms with E-state index >= 15 is 0 Å². The molecule has 1 aromatic carbocycles. The topological polar surface area (TPSA) is 64.1 Å². The second-order valence-electron chi connectivity index (χ2n) is 8.28. The van der Waals surface area contributed by atoms with E-state index in [1.807, 2.05) is 24.3 Å². The van der Waals surface area contributed by atoms with E-state index in [4.69, 9.17) is 27.9 Å². The lowest BCUT2D eigenvalue weighted by molar-refractivity contribution is 0.0947. The van der Waals surface area contributed by atoms with Crippen LogP contribution in [0.4, 0.5) is 0 Å². The fraction of sp³-hybridized carbons (Fsp3) is 0.292. The fourth-order valence-corrected chi connectivity index (χ4v) is 4.07. The highest BCUT2D eigenvalue weighted by molar-refractivity contribution is 6.30. The largest absolute Gasteiger partial charge is 0.455 e. The zero-order valence-corrected chi connectivity index (χ0v) is 18.3. The number of rotatable bonds is 7. The van der Waals surface area contributed by atoms with Crippen LogP contribution in [-0.4, -0.2) is 22.4 Å². The zero-order chi connectivity index (χ0) is 21.4. The van der Waals surface area contributed by atoms with Gasteiger partial charge in [-0.25, -0.2) is 9.97 Å². The lowest BCUT2D eigenvalue weighted by atomic mass is 9.97. The number of benzene rings is 1. The quantitative estimate of drug-likeness (QED) is 0.451. The average Bonchev–Trinajstić information content (AvgIpc) is 3.69. The number of hydrogen-bond acceptors (Lipinski definition) is 4. The molecule has 2 saturated carbocycles. The van der Waals surface area contributed by atoms with Crippen LogP contribution in [0.5, 0.6) is 11.5 Å². The number of carbonyl (C=O) groups is 1. The summed E-state index contributed by atoms with van der Waals surface area (Å²) in [5.41, 5.74) is 2.61. The minimum absolute atomic E-state index is 0.0936. The van der Waals surface area contributed by atoms with Gasteiger partial charge in [0.1, 0.15) is 16.1 Å². The van der Waals surface area contributed by atoms with Gasteiger partial charge in [0.05, 0.1) is 11.8 Å². The van der Waals surface area contributed by atoms with Gasteiger partial charge in [0, 0.05) is 18.2 Å². The third kappa shape index (κ3) is 4.53. The summed E-state index contributed by atoms with van der Waals surface area (Å²) in [6.07, 6.45) is 7.69. The van der Waals surface area contributed by atoms with Gasteiger partial charge in [0.15, 0.2) is 5.75 Å². The molecular formula is C24H21Cl2N3O2. The molecule has 0 aliphatic heterocycles. The van der Waals surface area contributed by atoms with Crippen LogP contribution in [0.25, 0.3) is 0 Å². The standard InChI is InChI=1S/C24H21Cl2N3O2/c25-21-7-6-17(12-27-21)24(8-9-24)14-29-23(30)19-11-22(26)28-13-20(19)31-18-3-1-2-16(10-18)15-4-5-15/h1-3,6-7,10-13,15H,4-5,8-9,14H2,(H,29,30). The fourth-order valence-electron chi connectivity index (χ4n) is 3.80. The van der Waals surface area contributed by atoms with Gasteiger partial charge < -0.3 is 10.1 Å². The average molecular weight is 454 g/mol. The molecule has 5 nitrogen and oxygen atoms in total. The van der Waals surface area contributed by atoms with Crippen molar-refractivity contribution in [3.63, 3.8) is 0 Å². The van der Waals surface area contributed by atoms with Crippen molar-refractivity contribution in [2.24, 2.45) is 0 Å². The van der Waals surface area contributed by atoms with E-state index in [1.54, 1.807) is 18.3 Å². The Hall–Kier alpha value is -2.63. The molecule has 0 unspecified atom stereocenters. The van der Waals surface area contributed by atoms with Gasteiger partial charge >= 0.3 is 0 Å². The van der Waals surface area contributed by atoms with Crippen LogP contribution in [0.2, 0.25) is 10.3 Å². The molecule has 31 heavy (non-hydrogen) atoms. The molecule has 1 N–H and O–H groups in total. The van der Waals surface area contributed by atoms with Gasteiger partial charge in [0.25, 0.3) is 5.91 Å². The van der Waals surface area contributed by atoms with Crippen LogP contribution in [0.1, 0.15) is 53.1 Å². The van der Waals surface area contributed by atoms with Crippen molar-refractivity contribution in [2.75, 3.05) is 6.54 Å². The van der Waals surface area contributed by atoms with E-state index in [0.29, 0.717) is 34.7 Å². The van der Waals surface area contributed by atoms with E-state index < -0.39 is 0 Å². The van der Waals surface area contributed by atoms with Gasteiger partial charge in [-0.3, -0.25) is 4.79 Å². The van der Waals surface area contributed by atoms with Gasteiger partial charge in [-0.2, -0.15) is 0 Å². The summed E-state index contributed by atoms with van der Waals surface area (Å²) in [5, 5.41) is 3.75. The summed E-state index contributed by atoms with van der Waals surface area (Å²) in [7, 11) is 0. The predicted molar refractivity (Wildman–Crippen MR) is 120 cm³/mol. The minimum atomic E-state index is -0.245. The van der Waals surface area contributed by atoms with Crippen LogP contribution >= 0.6 is 23.2 Å². The normalized spacial score (nSPS) is 16.6. The molecule has 158 valence electrons. The summed E-state index contributed by atoms with van der Waals surface area (Å²) in [4.78, 5) is 21.3. The van der Waals surface area contributed by atoms with Crippen molar-refractivity contribution in [3.05, 3.63) is 81.9 Å². The van der Waals surface area contributed by atoms with Gasteiger partial charge in [-0.1, -0.05) is 41.4 Å². The number of nitrogens with one attached hydrogen (secondary N) is 1. The molecule has 2 aliphatic carbocycles. The first-order chi connectivity index (χ1) is 15.0. The molecule has 2 aliphatic rings. The van der Waals surface area contributed by atoms with E-state index in [-0.39, 0.29) is 16.5 Å². The number of carbonyl (C=O) groups excluding carboxylic acids is 1. The third-order valence-corrected chi connectivity index (χ3v) is 6.42. The Morgan fingerprint density at radius 1 is 1.06 bits per heavy atom. The highest BCUT2D eigenvalue weighted by Gasteiger charge is 2.44. The smallest absolute Gasteiger partial charge is 0.255 e. The molecular weight excluding hydrogens is 433 g/mol. The molecule has 0 bridgehead atoms. The summed E-state index contributed by atoms with van der Waals surface area (Å²) < 4.78 is 6.04. The second-order valence-corrected chi connectivity index (χ2v) is 9.06. The molecule has 1 amide bonds. The monoisotopic (exact) mass is 453 g/mol. The number of halogens is 2. The highest BCUT2D eigenvalue weighted by atomic mass is 35.5. The Morgan fingerprint density at radius 3 is 2.58 bits per heavy atom. The van der Waals surface area contributed by atoms with Crippen molar-refractivity contribution in [2.45, 2.75) is 37.0 Å². The Bertz CT molecular complexity index is 1130. The number of hydrogen-bond donors (Lipinski definition) is 1. The molecule has 2 heterocycles. The second kappa shape index (κ2) is 8.13. The Morgan fingerprint density at radius 2 is 1.87 bits per heavy atom. The summed E-state index contributed by atoms with van der Waals surface area (Å²) in [6, 6.07) is 13.3. The Labute approximate surface area is 190 Å². The van der Waals surface area contributed by atoms with Gasteiger partial charge in [-0.15, -0.1) is 0 Å². The Kier molecular flexibility index (Phi) is 5.32. The van der Waals surface area contributed by atoms with Crippen molar-refractivity contribution >= 4 is 29.1 Å². The SMILES string of the molecule is O=C(NCC1(c2ccc(Cl)nc2)CC1)c1cc(Cl)ncc1Oc1cccc(C2CC2)c1. The number of nitrogens with zero attached hydrogens (tertiary/aromatic N) is 2. The van der Waals surface area contributed by atoms with Crippen molar-refractivity contribution < 1.29 is 9.53 Å². The minimum Gasteiger partial charge on any atom is -0.455 e. The van der Waals surface area contributed by atoms with Crippen LogP contribution in [0.15, 0.2) is 54.9 Å². The number of ether oxygens (including phenoxy) is 1. The maximum atomic E-state index is 13.0. The van der Waals surface area contributed by atoms with Crippen molar-refractivity contribution in [1.29, 1.82) is 0 Å². The first-order valence-electron chi connectivity index (χ1n) is 10.4. The molecule has 0 radical (unpaired) electrons. The molecule has 0 atom stereocenters. The molecule has 5 rings (SSSR count).